The van der Waals surface area contributed by atoms with Gasteiger partial charge in [0, 0.05) is 11.3 Å². The van der Waals surface area contributed by atoms with Crippen LogP contribution in [0.4, 0.5) is 0 Å². The molecule has 0 spiro atoms. The van der Waals surface area contributed by atoms with Gasteiger partial charge < -0.3 is 5.32 Å². The quantitative estimate of drug-likeness (QED) is 0.815. The van der Waals surface area contributed by atoms with E-state index in [1.165, 1.54) is 4.88 Å². The first-order chi connectivity index (χ1) is 6.59. The lowest BCUT2D eigenvalue weighted by molar-refractivity contribution is -0.122. The van der Waals surface area contributed by atoms with Gasteiger partial charge in [-0.3, -0.25) is 4.79 Å². The SMILES string of the molecule is CC(C)CC(=O)NC(C)c1cccs1. The molecule has 1 heterocycles. The van der Waals surface area contributed by atoms with Gasteiger partial charge in [0.2, 0.25) is 5.91 Å². The highest BCUT2D eigenvalue weighted by Gasteiger charge is 2.10. The van der Waals surface area contributed by atoms with Crippen LogP contribution < -0.4 is 5.32 Å². The van der Waals surface area contributed by atoms with E-state index in [4.69, 9.17) is 0 Å². The standard InChI is InChI=1S/C11H17NOS/c1-8(2)7-11(13)12-9(3)10-5-4-6-14-10/h4-6,8-9H,7H2,1-3H3,(H,12,13). The highest BCUT2D eigenvalue weighted by Crippen LogP contribution is 2.18. The Morgan fingerprint density at radius 1 is 1.50 bits per heavy atom. The Balaban J connectivity index is 2.41. The summed E-state index contributed by atoms with van der Waals surface area (Å²) < 4.78 is 0. The summed E-state index contributed by atoms with van der Waals surface area (Å²) in [6, 6.07) is 4.19. The molecule has 0 radical (unpaired) electrons. The molecule has 0 fully saturated rings. The number of thiophene rings is 1. The number of rotatable bonds is 4. The molecule has 1 amide bonds. The maximum Gasteiger partial charge on any atom is 0.220 e. The Bertz CT molecular complexity index is 279. The second-order valence-corrected chi connectivity index (χ2v) is 4.88. The summed E-state index contributed by atoms with van der Waals surface area (Å²) in [4.78, 5) is 12.7. The van der Waals surface area contributed by atoms with Gasteiger partial charge in [0.15, 0.2) is 0 Å². The van der Waals surface area contributed by atoms with Gasteiger partial charge in [-0.2, -0.15) is 0 Å². The van der Waals surface area contributed by atoms with Crippen LogP contribution in [-0.4, -0.2) is 5.91 Å². The van der Waals surface area contributed by atoms with E-state index in [0.29, 0.717) is 12.3 Å². The highest BCUT2D eigenvalue weighted by molar-refractivity contribution is 7.10. The summed E-state index contributed by atoms with van der Waals surface area (Å²) in [5.41, 5.74) is 0. The van der Waals surface area contributed by atoms with E-state index in [1.807, 2.05) is 24.4 Å². The smallest absolute Gasteiger partial charge is 0.220 e. The minimum Gasteiger partial charge on any atom is -0.349 e. The number of carbonyl (C=O) groups excluding carboxylic acids is 1. The molecule has 1 N–H and O–H groups in total. The van der Waals surface area contributed by atoms with E-state index in [2.05, 4.69) is 19.2 Å². The molecule has 1 aromatic rings. The van der Waals surface area contributed by atoms with Crippen molar-refractivity contribution in [1.82, 2.24) is 5.32 Å². The molecule has 2 nitrogen and oxygen atoms in total. The molecule has 0 aliphatic rings. The minimum atomic E-state index is 0.140. The maximum atomic E-state index is 11.5. The monoisotopic (exact) mass is 211 g/mol. The molecule has 0 bridgehead atoms. The molecule has 1 atom stereocenters. The average molecular weight is 211 g/mol. The van der Waals surface area contributed by atoms with E-state index in [9.17, 15) is 4.79 Å². The fourth-order valence-corrected chi connectivity index (χ4v) is 2.01. The molecule has 14 heavy (non-hydrogen) atoms. The third kappa shape index (κ3) is 3.50. The van der Waals surface area contributed by atoms with Gasteiger partial charge in [0.05, 0.1) is 6.04 Å². The molecule has 0 aliphatic heterocycles. The van der Waals surface area contributed by atoms with Gasteiger partial charge in [0.1, 0.15) is 0 Å². The Kier molecular flexibility index (Phi) is 4.14. The fraction of sp³-hybridized carbons (Fsp3) is 0.545. The third-order valence-corrected chi connectivity index (χ3v) is 3.00. The number of carbonyl (C=O) groups is 1. The Labute approximate surface area is 89.3 Å². The van der Waals surface area contributed by atoms with Gasteiger partial charge in [-0.1, -0.05) is 19.9 Å². The molecular formula is C11H17NOS. The van der Waals surface area contributed by atoms with Crippen LogP contribution in [-0.2, 0) is 4.79 Å². The predicted octanol–water partition coefficient (Wildman–Crippen LogP) is 2.97. The lowest BCUT2D eigenvalue weighted by Gasteiger charge is -2.13. The zero-order valence-electron chi connectivity index (χ0n) is 8.91. The predicted molar refractivity (Wildman–Crippen MR) is 60.3 cm³/mol. The molecule has 3 heteroatoms. The zero-order valence-corrected chi connectivity index (χ0v) is 9.73. The van der Waals surface area contributed by atoms with Crippen molar-refractivity contribution < 1.29 is 4.79 Å². The van der Waals surface area contributed by atoms with Crippen molar-refractivity contribution in [1.29, 1.82) is 0 Å². The molecule has 1 unspecified atom stereocenters. The second kappa shape index (κ2) is 5.15. The number of nitrogens with one attached hydrogen (secondary N) is 1. The van der Waals surface area contributed by atoms with Gasteiger partial charge in [-0.15, -0.1) is 11.3 Å². The molecular weight excluding hydrogens is 194 g/mol. The highest BCUT2D eigenvalue weighted by atomic mass is 32.1. The van der Waals surface area contributed by atoms with Crippen molar-refractivity contribution >= 4 is 17.2 Å². The van der Waals surface area contributed by atoms with Crippen molar-refractivity contribution in [3.05, 3.63) is 22.4 Å². The van der Waals surface area contributed by atoms with Crippen molar-refractivity contribution in [2.24, 2.45) is 5.92 Å². The second-order valence-electron chi connectivity index (χ2n) is 3.90. The van der Waals surface area contributed by atoms with Crippen molar-refractivity contribution in [3.63, 3.8) is 0 Å². The number of amides is 1. The zero-order chi connectivity index (χ0) is 10.6. The normalized spacial score (nSPS) is 12.9. The van der Waals surface area contributed by atoms with Crippen molar-refractivity contribution in [3.8, 4) is 0 Å². The fourth-order valence-electron chi connectivity index (χ4n) is 1.28. The Hall–Kier alpha value is -0.830. The minimum absolute atomic E-state index is 0.140. The molecule has 0 saturated carbocycles. The first-order valence-electron chi connectivity index (χ1n) is 4.92. The van der Waals surface area contributed by atoms with E-state index >= 15 is 0 Å². The summed E-state index contributed by atoms with van der Waals surface area (Å²) in [6.45, 7) is 6.12. The molecule has 78 valence electrons. The van der Waals surface area contributed by atoms with Crippen LogP contribution in [0.2, 0.25) is 0 Å². The summed E-state index contributed by atoms with van der Waals surface area (Å²) in [7, 11) is 0. The Morgan fingerprint density at radius 2 is 2.21 bits per heavy atom. The van der Waals surface area contributed by atoms with Crippen LogP contribution in [0.3, 0.4) is 0 Å². The first-order valence-corrected chi connectivity index (χ1v) is 5.80. The topological polar surface area (TPSA) is 29.1 Å². The molecule has 0 saturated heterocycles. The summed E-state index contributed by atoms with van der Waals surface area (Å²) >= 11 is 1.68. The lowest BCUT2D eigenvalue weighted by Crippen LogP contribution is -2.26. The third-order valence-electron chi connectivity index (χ3n) is 1.94. The van der Waals surface area contributed by atoms with Crippen LogP contribution >= 0.6 is 11.3 Å². The summed E-state index contributed by atoms with van der Waals surface area (Å²) in [5, 5.41) is 5.01. The largest absolute Gasteiger partial charge is 0.349 e. The van der Waals surface area contributed by atoms with E-state index in [-0.39, 0.29) is 11.9 Å². The Morgan fingerprint density at radius 3 is 2.71 bits per heavy atom. The molecule has 0 aromatic carbocycles. The lowest BCUT2D eigenvalue weighted by atomic mass is 10.1. The van der Waals surface area contributed by atoms with Crippen LogP contribution in [0.1, 0.15) is 38.1 Å². The van der Waals surface area contributed by atoms with Crippen LogP contribution in [0.25, 0.3) is 0 Å². The van der Waals surface area contributed by atoms with Crippen LogP contribution in [0.15, 0.2) is 17.5 Å². The first kappa shape index (κ1) is 11.2. The van der Waals surface area contributed by atoms with Crippen LogP contribution in [0, 0.1) is 5.92 Å². The average Bonchev–Trinajstić information content (AvgIpc) is 2.53. The molecule has 1 rings (SSSR count). The molecule has 1 aromatic heterocycles. The van der Waals surface area contributed by atoms with Gasteiger partial charge in [-0.25, -0.2) is 0 Å². The van der Waals surface area contributed by atoms with E-state index in [1.54, 1.807) is 11.3 Å². The number of hydrogen-bond donors (Lipinski definition) is 1. The van der Waals surface area contributed by atoms with E-state index < -0.39 is 0 Å². The van der Waals surface area contributed by atoms with Gasteiger partial charge in [-0.05, 0) is 24.3 Å². The van der Waals surface area contributed by atoms with Gasteiger partial charge >= 0.3 is 0 Å². The van der Waals surface area contributed by atoms with Crippen molar-refractivity contribution in [2.45, 2.75) is 33.2 Å². The van der Waals surface area contributed by atoms with E-state index in [0.717, 1.165) is 0 Å². The van der Waals surface area contributed by atoms with Crippen molar-refractivity contribution in [2.75, 3.05) is 0 Å². The summed E-state index contributed by atoms with van der Waals surface area (Å²) in [5.74, 6) is 0.562. The van der Waals surface area contributed by atoms with Crippen LogP contribution in [0.5, 0.6) is 0 Å². The van der Waals surface area contributed by atoms with Gasteiger partial charge in [0.25, 0.3) is 0 Å². The summed E-state index contributed by atoms with van der Waals surface area (Å²) in [6.07, 6.45) is 0.607. The maximum absolute atomic E-state index is 11.5. The molecule has 0 aliphatic carbocycles. The number of hydrogen-bond acceptors (Lipinski definition) is 2.